The van der Waals surface area contributed by atoms with Crippen molar-refractivity contribution in [3.63, 3.8) is 0 Å². The molecule has 92 valence electrons. The molecule has 17 heavy (non-hydrogen) atoms. The van der Waals surface area contributed by atoms with E-state index < -0.39 is 0 Å². The van der Waals surface area contributed by atoms with Gasteiger partial charge in [0.25, 0.3) is 0 Å². The van der Waals surface area contributed by atoms with Crippen molar-refractivity contribution < 1.29 is 9.53 Å². The fraction of sp³-hybridized carbons (Fsp3) is 0.500. The molecule has 0 N–H and O–H groups in total. The van der Waals surface area contributed by atoms with Crippen LogP contribution in [-0.2, 0) is 0 Å². The first-order valence-electron chi connectivity index (χ1n) is 6.17. The summed E-state index contributed by atoms with van der Waals surface area (Å²) in [5.41, 5.74) is 0.621. The van der Waals surface area contributed by atoms with Gasteiger partial charge in [0.05, 0.1) is 12.2 Å². The average Bonchev–Trinajstić information content (AvgIpc) is 2.38. The van der Waals surface area contributed by atoms with Crippen LogP contribution in [0.3, 0.4) is 0 Å². The van der Waals surface area contributed by atoms with Gasteiger partial charge in [0, 0.05) is 4.47 Å². The van der Waals surface area contributed by atoms with Crippen molar-refractivity contribution in [1.29, 1.82) is 0 Å². The number of rotatable bonds is 4. The quantitative estimate of drug-likeness (QED) is 0.778. The highest BCUT2D eigenvalue weighted by Crippen LogP contribution is 2.26. The van der Waals surface area contributed by atoms with Crippen LogP contribution in [0.1, 0.15) is 42.5 Å². The molecule has 2 rings (SSSR count). The van der Waals surface area contributed by atoms with Gasteiger partial charge < -0.3 is 4.74 Å². The van der Waals surface area contributed by atoms with Crippen molar-refractivity contribution in [2.45, 2.75) is 32.1 Å². The van der Waals surface area contributed by atoms with E-state index in [9.17, 15) is 4.79 Å². The maximum atomic E-state index is 10.9. The molecule has 1 saturated carbocycles. The second-order valence-electron chi connectivity index (χ2n) is 4.62. The van der Waals surface area contributed by atoms with Crippen LogP contribution in [0.2, 0.25) is 0 Å². The Bertz CT molecular complexity index is 384. The van der Waals surface area contributed by atoms with E-state index in [1.807, 2.05) is 12.1 Å². The molecule has 0 saturated heterocycles. The zero-order chi connectivity index (χ0) is 12.1. The second kappa shape index (κ2) is 6.20. The van der Waals surface area contributed by atoms with E-state index in [1.165, 1.54) is 32.1 Å². The van der Waals surface area contributed by atoms with Gasteiger partial charge in [-0.05, 0) is 37.0 Å². The molecule has 1 aliphatic carbocycles. The molecule has 1 aromatic carbocycles. The van der Waals surface area contributed by atoms with Gasteiger partial charge in [-0.25, -0.2) is 0 Å². The molecule has 0 unspecified atom stereocenters. The Hall–Kier alpha value is -0.830. The third-order valence-electron chi connectivity index (χ3n) is 3.30. The van der Waals surface area contributed by atoms with Crippen LogP contribution >= 0.6 is 15.9 Å². The molecule has 0 aromatic heterocycles. The summed E-state index contributed by atoms with van der Waals surface area (Å²) in [6, 6.07) is 5.56. The van der Waals surface area contributed by atoms with Gasteiger partial charge >= 0.3 is 0 Å². The van der Waals surface area contributed by atoms with Crippen LogP contribution < -0.4 is 4.74 Å². The summed E-state index contributed by atoms with van der Waals surface area (Å²) in [7, 11) is 0. The molecule has 1 fully saturated rings. The monoisotopic (exact) mass is 296 g/mol. The highest BCUT2D eigenvalue weighted by molar-refractivity contribution is 9.10. The minimum atomic E-state index is 0.621. The molecule has 3 heteroatoms. The van der Waals surface area contributed by atoms with Gasteiger partial charge in [0.15, 0.2) is 6.29 Å². The smallest absolute Gasteiger partial charge is 0.153 e. The zero-order valence-corrected chi connectivity index (χ0v) is 11.4. The summed E-state index contributed by atoms with van der Waals surface area (Å²) in [6.07, 6.45) is 7.35. The third-order valence-corrected chi connectivity index (χ3v) is 3.79. The SMILES string of the molecule is O=Cc1cc(Br)ccc1OCC1CCCCC1. The number of ether oxygens (including phenoxy) is 1. The van der Waals surface area contributed by atoms with Crippen LogP contribution in [0.4, 0.5) is 0 Å². The number of carbonyl (C=O) groups excluding carboxylic acids is 1. The Morgan fingerprint density at radius 1 is 1.29 bits per heavy atom. The predicted octanol–water partition coefficient (Wildman–Crippen LogP) is 4.22. The van der Waals surface area contributed by atoms with Crippen LogP contribution in [0.15, 0.2) is 22.7 Å². The van der Waals surface area contributed by atoms with Crippen LogP contribution in [-0.4, -0.2) is 12.9 Å². The Labute approximate surface area is 110 Å². The van der Waals surface area contributed by atoms with Crippen molar-refractivity contribution in [1.82, 2.24) is 0 Å². The van der Waals surface area contributed by atoms with Crippen molar-refractivity contribution in [2.75, 3.05) is 6.61 Å². The topological polar surface area (TPSA) is 26.3 Å². The predicted molar refractivity (Wildman–Crippen MR) is 71.6 cm³/mol. The zero-order valence-electron chi connectivity index (χ0n) is 9.82. The first-order chi connectivity index (χ1) is 8.29. The largest absolute Gasteiger partial charge is 0.493 e. The molecule has 1 aliphatic rings. The molecule has 0 amide bonds. The van der Waals surface area contributed by atoms with E-state index in [-0.39, 0.29) is 0 Å². The average molecular weight is 297 g/mol. The third kappa shape index (κ3) is 3.56. The van der Waals surface area contributed by atoms with E-state index >= 15 is 0 Å². The summed E-state index contributed by atoms with van der Waals surface area (Å²) >= 11 is 3.35. The van der Waals surface area contributed by atoms with E-state index in [0.29, 0.717) is 17.2 Å². The summed E-state index contributed by atoms with van der Waals surface area (Å²) in [6.45, 7) is 0.739. The Morgan fingerprint density at radius 2 is 2.06 bits per heavy atom. The van der Waals surface area contributed by atoms with Gasteiger partial charge in [0.2, 0.25) is 0 Å². The lowest BCUT2D eigenvalue weighted by Crippen LogP contribution is -2.15. The first-order valence-corrected chi connectivity index (χ1v) is 6.96. The normalized spacial score (nSPS) is 16.8. The number of hydrogen-bond acceptors (Lipinski definition) is 2. The summed E-state index contributed by atoms with van der Waals surface area (Å²) in [5.74, 6) is 1.36. The molecule has 0 spiro atoms. The molecule has 0 atom stereocenters. The van der Waals surface area contributed by atoms with Crippen LogP contribution in [0.5, 0.6) is 5.75 Å². The van der Waals surface area contributed by atoms with E-state index in [4.69, 9.17) is 4.74 Å². The molecule has 1 aromatic rings. The highest BCUT2D eigenvalue weighted by Gasteiger charge is 2.14. The van der Waals surface area contributed by atoms with Gasteiger partial charge in [0.1, 0.15) is 5.75 Å². The van der Waals surface area contributed by atoms with Gasteiger partial charge in [-0.15, -0.1) is 0 Å². The lowest BCUT2D eigenvalue weighted by atomic mass is 9.90. The van der Waals surface area contributed by atoms with Gasteiger partial charge in [-0.2, -0.15) is 0 Å². The molecular formula is C14H17BrO2. The lowest BCUT2D eigenvalue weighted by Gasteiger charge is -2.22. The summed E-state index contributed by atoms with van der Waals surface area (Å²) in [4.78, 5) is 10.9. The molecule has 2 nitrogen and oxygen atoms in total. The maximum absolute atomic E-state index is 10.9. The molecule has 0 radical (unpaired) electrons. The summed E-state index contributed by atoms with van der Waals surface area (Å²) < 4.78 is 6.68. The summed E-state index contributed by atoms with van der Waals surface area (Å²) in [5, 5.41) is 0. The first kappa shape index (κ1) is 12.6. The van der Waals surface area contributed by atoms with Crippen molar-refractivity contribution >= 4 is 22.2 Å². The Kier molecular flexibility index (Phi) is 4.60. The standard InChI is InChI=1S/C14H17BrO2/c15-13-6-7-14(12(8-13)9-16)17-10-11-4-2-1-3-5-11/h6-9,11H,1-5,10H2. The number of halogens is 1. The minimum Gasteiger partial charge on any atom is -0.493 e. The fourth-order valence-electron chi connectivity index (χ4n) is 2.30. The Morgan fingerprint density at radius 3 is 2.76 bits per heavy atom. The highest BCUT2D eigenvalue weighted by atomic mass is 79.9. The number of hydrogen-bond donors (Lipinski definition) is 0. The molecular weight excluding hydrogens is 280 g/mol. The van der Waals surface area contributed by atoms with Crippen molar-refractivity contribution in [3.05, 3.63) is 28.2 Å². The van der Waals surface area contributed by atoms with Crippen molar-refractivity contribution in [3.8, 4) is 5.75 Å². The van der Waals surface area contributed by atoms with E-state index in [0.717, 1.165) is 17.4 Å². The maximum Gasteiger partial charge on any atom is 0.153 e. The number of carbonyl (C=O) groups is 1. The molecule has 0 aliphatic heterocycles. The van der Waals surface area contributed by atoms with Crippen LogP contribution in [0.25, 0.3) is 0 Å². The van der Waals surface area contributed by atoms with Crippen LogP contribution in [0, 0.1) is 5.92 Å². The molecule has 0 bridgehead atoms. The van der Waals surface area contributed by atoms with Gasteiger partial charge in [-0.1, -0.05) is 35.2 Å². The van der Waals surface area contributed by atoms with Gasteiger partial charge in [-0.3, -0.25) is 4.79 Å². The number of benzene rings is 1. The van der Waals surface area contributed by atoms with E-state index in [1.54, 1.807) is 6.07 Å². The molecule has 0 heterocycles. The van der Waals surface area contributed by atoms with E-state index in [2.05, 4.69) is 15.9 Å². The number of aldehydes is 1. The second-order valence-corrected chi connectivity index (χ2v) is 5.53. The fourth-order valence-corrected chi connectivity index (χ4v) is 2.68. The Balaban J connectivity index is 1.95. The lowest BCUT2D eigenvalue weighted by molar-refractivity contribution is 0.111. The minimum absolute atomic E-state index is 0.621. The van der Waals surface area contributed by atoms with Crippen molar-refractivity contribution in [2.24, 2.45) is 5.92 Å².